The third-order valence-electron chi connectivity index (χ3n) is 4.91. The summed E-state index contributed by atoms with van der Waals surface area (Å²) in [6, 6.07) is 7.69. The fourth-order valence-corrected chi connectivity index (χ4v) is 3.28. The highest BCUT2D eigenvalue weighted by Crippen LogP contribution is 2.19. The third kappa shape index (κ3) is 4.85. The van der Waals surface area contributed by atoms with Crippen molar-refractivity contribution in [2.45, 2.75) is 0 Å². The molecule has 170 valence electrons. The molecule has 2 amide bonds. The molecule has 1 aliphatic rings. The van der Waals surface area contributed by atoms with Gasteiger partial charge in [0.25, 0.3) is 11.8 Å². The van der Waals surface area contributed by atoms with Gasteiger partial charge in [-0.3, -0.25) is 9.59 Å². The Morgan fingerprint density at radius 3 is 2.24 bits per heavy atom. The quantitative estimate of drug-likeness (QED) is 0.576. The Morgan fingerprint density at radius 2 is 1.61 bits per heavy atom. The van der Waals surface area contributed by atoms with Crippen LogP contribution in [0.25, 0.3) is 0 Å². The topological polar surface area (TPSA) is 104 Å². The minimum atomic E-state index is -1.68. The van der Waals surface area contributed by atoms with Crippen molar-refractivity contribution in [2.75, 3.05) is 36.4 Å². The lowest BCUT2D eigenvalue weighted by Gasteiger charge is -2.35. The molecule has 1 saturated heterocycles. The van der Waals surface area contributed by atoms with E-state index in [0.717, 1.165) is 6.07 Å². The van der Waals surface area contributed by atoms with E-state index in [0.29, 0.717) is 25.0 Å². The molecule has 3 aromatic rings. The largest absolute Gasteiger partial charge is 0.352 e. The number of benzene rings is 1. The van der Waals surface area contributed by atoms with Gasteiger partial charge in [0.2, 0.25) is 0 Å². The van der Waals surface area contributed by atoms with Crippen LogP contribution in [-0.2, 0) is 0 Å². The molecule has 0 aliphatic carbocycles. The van der Waals surface area contributed by atoms with Crippen LogP contribution in [0.15, 0.2) is 36.4 Å². The van der Waals surface area contributed by atoms with E-state index in [1.54, 1.807) is 6.07 Å². The molecule has 0 radical (unpaired) electrons. The van der Waals surface area contributed by atoms with Crippen LogP contribution in [0.5, 0.6) is 0 Å². The normalized spacial score (nSPS) is 13.7. The number of nitrogens with zero attached hydrogens (tertiary/aromatic N) is 6. The number of hydrogen-bond donors (Lipinski definition) is 1. The van der Waals surface area contributed by atoms with E-state index >= 15 is 0 Å². The lowest BCUT2D eigenvalue weighted by molar-refractivity contribution is 0.0740. The summed E-state index contributed by atoms with van der Waals surface area (Å²) in [6.07, 6.45) is 0. The van der Waals surface area contributed by atoms with E-state index in [-0.39, 0.29) is 29.8 Å². The van der Waals surface area contributed by atoms with Gasteiger partial charge >= 0.3 is 0 Å². The van der Waals surface area contributed by atoms with Gasteiger partial charge in [0, 0.05) is 26.2 Å². The molecule has 1 fully saturated rings. The molecule has 3 heterocycles. The minimum absolute atomic E-state index is 0.0538. The van der Waals surface area contributed by atoms with Gasteiger partial charge in [0.15, 0.2) is 39.9 Å². The molecule has 0 unspecified atom stereocenters. The number of aromatic nitrogens is 4. The van der Waals surface area contributed by atoms with Gasteiger partial charge in [0.05, 0.1) is 5.56 Å². The molecular weight excluding hydrogens is 463 g/mol. The Kier molecular flexibility index (Phi) is 6.36. The summed E-state index contributed by atoms with van der Waals surface area (Å²) in [6.45, 7) is 1.10. The Labute approximate surface area is 190 Å². The fourth-order valence-electron chi connectivity index (χ4n) is 3.18. The number of rotatable bonds is 4. The van der Waals surface area contributed by atoms with Crippen LogP contribution in [0.4, 0.5) is 24.8 Å². The molecule has 1 aromatic carbocycles. The van der Waals surface area contributed by atoms with Gasteiger partial charge in [-0.05, 0) is 36.4 Å². The highest BCUT2D eigenvalue weighted by molar-refractivity contribution is 6.29. The molecule has 0 bridgehead atoms. The lowest BCUT2D eigenvalue weighted by atomic mass is 10.1. The Hall–Kier alpha value is -3.80. The maximum absolute atomic E-state index is 13.9. The van der Waals surface area contributed by atoms with E-state index in [9.17, 15) is 22.8 Å². The Bertz CT molecular complexity index is 1190. The molecule has 2 aromatic heterocycles. The summed E-state index contributed by atoms with van der Waals surface area (Å²) in [4.78, 5) is 27.9. The van der Waals surface area contributed by atoms with Gasteiger partial charge < -0.3 is 15.1 Å². The van der Waals surface area contributed by atoms with Crippen molar-refractivity contribution in [3.8, 4) is 0 Å². The highest BCUT2D eigenvalue weighted by atomic mass is 35.5. The van der Waals surface area contributed by atoms with Crippen molar-refractivity contribution in [1.82, 2.24) is 25.3 Å². The minimum Gasteiger partial charge on any atom is -0.352 e. The first-order valence-electron chi connectivity index (χ1n) is 9.65. The molecule has 0 atom stereocenters. The van der Waals surface area contributed by atoms with Crippen LogP contribution >= 0.6 is 11.6 Å². The summed E-state index contributed by atoms with van der Waals surface area (Å²) in [5, 5.41) is 18.0. The summed E-state index contributed by atoms with van der Waals surface area (Å²) in [7, 11) is 0. The van der Waals surface area contributed by atoms with Gasteiger partial charge in [-0.2, -0.15) is 0 Å². The van der Waals surface area contributed by atoms with Crippen LogP contribution in [-0.4, -0.2) is 63.3 Å². The molecule has 13 heteroatoms. The van der Waals surface area contributed by atoms with Crippen molar-refractivity contribution < 1.29 is 22.8 Å². The van der Waals surface area contributed by atoms with Crippen molar-refractivity contribution in [3.63, 3.8) is 0 Å². The summed E-state index contributed by atoms with van der Waals surface area (Å²) >= 11 is 5.65. The van der Waals surface area contributed by atoms with Crippen LogP contribution in [0, 0.1) is 17.5 Å². The molecule has 4 rings (SSSR count). The van der Waals surface area contributed by atoms with Gasteiger partial charge in [-0.1, -0.05) is 11.6 Å². The number of nitrogens with one attached hydrogen (secondary N) is 1. The zero-order valence-electron chi connectivity index (χ0n) is 16.8. The molecular formula is C20H15ClF3N7O2. The maximum Gasteiger partial charge on any atom is 0.277 e. The molecule has 0 saturated carbocycles. The van der Waals surface area contributed by atoms with Crippen molar-refractivity contribution in [3.05, 3.63) is 70.3 Å². The van der Waals surface area contributed by atoms with E-state index in [1.165, 1.54) is 23.1 Å². The average Bonchev–Trinajstić information content (AvgIpc) is 2.84. The third-order valence-corrected chi connectivity index (χ3v) is 5.11. The molecule has 1 N–H and O–H groups in total. The first-order chi connectivity index (χ1) is 15.8. The zero-order valence-corrected chi connectivity index (χ0v) is 17.6. The Balaban J connectivity index is 1.36. The predicted octanol–water partition coefficient (Wildman–Crippen LogP) is 2.55. The predicted molar refractivity (Wildman–Crippen MR) is 111 cm³/mol. The number of hydrogen-bond acceptors (Lipinski definition) is 7. The monoisotopic (exact) mass is 477 g/mol. The molecule has 1 aliphatic heterocycles. The van der Waals surface area contributed by atoms with Gasteiger partial charge in [0.1, 0.15) is 0 Å². The van der Waals surface area contributed by atoms with Gasteiger partial charge in [-0.25, -0.2) is 13.2 Å². The summed E-state index contributed by atoms with van der Waals surface area (Å²) in [5.74, 6) is -5.12. The van der Waals surface area contributed by atoms with E-state index < -0.39 is 34.8 Å². The first-order valence-corrected chi connectivity index (χ1v) is 10.0. The number of amides is 2. The standard InChI is InChI=1S/C20H15ClF3N7O2/c21-14-4-5-15(28-27-14)25-19(32)13-3-6-16(29-26-13)30-7-9-31(10-8-30)20(33)11-1-2-12(22)18(24)17(11)23/h1-6H,7-10H2,(H,25,28,32). The number of piperazine rings is 1. The Morgan fingerprint density at radius 1 is 0.848 bits per heavy atom. The number of halogens is 4. The second-order valence-corrected chi connectivity index (χ2v) is 7.36. The SMILES string of the molecule is O=C(Nc1ccc(Cl)nn1)c1ccc(N2CCN(C(=O)c3ccc(F)c(F)c3F)CC2)nn1. The average molecular weight is 478 g/mol. The second kappa shape index (κ2) is 9.36. The number of carbonyl (C=O) groups excluding carboxylic acids is 2. The molecule has 9 nitrogen and oxygen atoms in total. The van der Waals surface area contributed by atoms with Crippen molar-refractivity contribution >= 4 is 35.1 Å². The van der Waals surface area contributed by atoms with E-state index in [4.69, 9.17) is 11.6 Å². The van der Waals surface area contributed by atoms with Crippen molar-refractivity contribution in [2.24, 2.45) is 0 Å². The van der Waals surface area contributed by atoms with Crippen LogP contribution in [0.1, 0.15) is 20.8 Å². The molecule has 33 heavy (non-hydrogen) atoms. The van der Waals surface area contributed by atoms with E-state index in [1.807, 2.05) is 4.90 Å². The van der Waals surface area contributed by atoms with E-state index in [2.05, 4.69) is 25.7 Å². The lowest BCUT2D eigenvalue weighted by Crippen LogP contribution is -2.49. The number of anilines is 2. The van der Waals surface area contributed by atoms with Crippen molar-refractivity contribution in [1.29, 1.82) is 0 Å². The summed E-state index contributed by atoms with van der Waals surface area (Å²) in [5.41, 5.74) is -0.471. The number of carbonyl (C=O) groups is 2. The fraction of sp³-hybridized carbons (Fsp3) is 0.200. The van der Waals surface area contributed by atoms with Gasteiger partial charge in [-0.15, -0.1) is 20.4 Å². The second-order valence-electron chi connectivity index (χ2n) is 6.97. The van der Waals surface area contributed by atoms with Crippen LogP contribution in [0.3, 0.4) is 0 Å². The summed E-state index contributed by atoms with van der Waals surface area (Å²) < 4.78 is 40.5. The smallest absolute Gasteiger partial charge is 0.277 e. The first kappa shape index (κ1) is 22.4. The van der Waals surface area contributed by atoms with Crippen LogP contribution < -0.4 is 10.2 Å². The highest BCUT2D eigenvalue weighted by Gasteiger charge is 2.27. The zero-order chi connectivity index (χ0) is 23.5. The van der Waals surface area contributed by atoms with Crippen LogP contribution in [0.2, 0.25) is 5.15 Å². The molecule has 0 spiro atoms. The maximum atomic E-state index is 13.9.